The van der Waals surface area contributed by atoms with Crippen LogP contribution in [-0.4, -0.2) is 53.1 Å². The predicted octanol–water partition coefficient (Wildman–Crippen LogP) is 9.29. The van der Waals surface area contributed by atoms with Crippen molar-refractivity contribution < 1.29 is 28.7 Å². The van der Waals surface area contributed by atoms with Gasteiger partial charge in [-0.1, -0.05) is 104 Å². The van der Waals surface area contributed by atoms with Gasteiger partial charge in [0.05, 0.1) is 17.3 Å². The number of hydrogen-bond acceptors (Lipinski definition) is 6. The first-order chi connectivity index (χ1) is 25.2. The average molecular weight is 759 g/mol. The van der Waals surface area contributed by atoms with Crippen molar-refractivity contribution in [3.63, 3.8) is 0 Å². The zero-order chi connectivity index (χ0) is 40.2. The summed E-state index contributed by atoms with van der Waals surface area (Å²) in [5, 5.41) is 5.61. The molecule has 4 rings (SSSR count). The molecule has 1 aliphatic heterocycles. The second-order valence-electron chi connectivity index (χ2n) is 16.3. The van der Waals surface area contributed by atoms with Crippen LogP contribution in [0.2, 0.25) is 5.02 Å². The quantitative estimate of drug-likeness (QED) is 0.0905. The summed E-state index contributed by atoms with van der Waals surface area (Å²) in [4.78, 5) is 70.0. The largest absolute Gasteiger partial charge is 0.493 e. The third-order valence-corrected chi connectivity index (χ3v) is 10.8. The molecule has 0 aliphatic carbocycles. The lowest BCUT2D eigenvalue weighted by Gasteiger charge is -2.30. The van der Waals surface area contributed by atoms with Gasteiger partial charge in [-0.3, -0.25) is 24.1 Å². The zero-order valence-electron chi connectivity index (χ0n) is 33.3. The minimum absolute atomic E-state index is 0.0419. The normalized spacial score (nSPS) is 15.6. The van der Waals surface area contributed by atoms with E-state index >= 15 is 0 Å². The number of nitrogens with one attached hydrogen (secondary N) is 2. The van der Waals surface area contributed by atoms with Gasteiger partial charge in [0, 0.05) is 28.8 Å². The maximum atomic E-state index is 13.9. The molecule has 11 heteroatoms. The van der Waals surface area contributed by atoms with E-state index in [1.54, 1.807) is 64.1 Å². The lowest BCUT2D eigenvalue weighted by molar-refractivity contribution is -0.143. The number of halogens is 1. The molecule has 2 atom stereocenters. The number of Topliss-reactive ketones (excluding diaryl/α,β-unsaturated/α-hetero) is 1. The third kappa shape index (κ3) is 9.32. The van der Waals surface area contributed by atoms with Crippen molar-refractivity contribution in [3.05, 3.63) is 82.9 Å². The van der Waals surface area contributed by atoms with Gasteiger partial charge in [-0.2, -0.15) is 0 Å². The number of amides is 5. The number of carbonyl (C=O) groups is 5. The summed E-state index contributed by atoms with van der Waals surface area (Å²) in [7, 11) is 0. The molecule has 1 fully saturated rings. The maximum absolute atomic E-state index is 13.9. The minimum atomic E-state index is -1.77. The van der Waals surface area contributed by atoms with E-state index in [0.29, 0.717) is 24.4 Å². The monoisotopic (exact) mass is 758 g/mol. The van der Waals surface area contributed by atoms with E-state index in [1.165, 1.54) is 22.6 Å². The Hall–Kier alpha value is -4.70. The zero-order valence-corrected chi connectivity index (χ0v) is 34.0. The van der Waals surface area contributed by atoms with Crippen LogP contribution in [0.15, 0.2) is 66.7 Å². The summed E-state index contributed by atoms with van der Waals surface area (Å²) < 4.78 is 6.24. The van der Waals surface area contributed by atoms with Gasteiger partial charge < -0.3 is 15.4 Å². The molecule has 1 saturated heterocycles. The Morgan fingerprint density at radius 2 is 1.50 bits per heavy atom. The van der Waals surface area contributed by atoms with Crippen molar-refractivity contribution in [2.24, 2.45) is 5.41 Å². The van der Waals surface area contributed by atoms with Crippen LogP contribution >= 0.6 is 11.6 Å². The number of hydrogen-bond donors (Lipinski definition) is 2. The highest BCUT2D eigenvalue weighted by molar-refractivity contribution is 6.34. The highest BCUT2D eigenvalue weighted by Crippen LogP contribution is 2.39. The molecule has 290 valence electrons. The molecule has 0 radical (unpaired) electrons. The molecule has 3 aromatic rings. The van der Waals surface area contributed by atoms with Crippen LogP contribution in [0.25, 0.3) is 0 Å². The number of nitrogens with zero attached hydrogens (tertiary/aromatic N) is 2. The molecule has 3 aromatic carbocycles. The lowest BCUT2D eigenvalue weighted by atomic mass is 9.76. The Morgan fingerprint density at radius 3 is 2.11 bits per heavy atom. The van der Waals surface area contributed by atoms with Crippen LogP contribution in [0.4, 0.5) is 21.9 Å². The van der Waals surface area contributed by atoms with E-state index in [-0.39, 0.29) is 33.9 Å². The van der Waals surface area contributed by atoms with Crippen molar-refractivity contribution in [2.45, 2.75) is 118 Å². The molecule has 2 N–H and O–H groups in total. The second-order valence-corrected chi connectivity index (χ2v) is 16.7. The number of para-hydroxylation sites is 1. The van der Waals surface area contributed by atoms with E-state index in [2.05, 4.69) is 64.3 Å². The van der Waals surface area contributed by atoms with Gasteiger partial charge in [0.2, 0.25) is 5.91 Å². The highest BCUT2D eigenvalue weighted by atomic mass is 35.5. The first-order valence-corrected chi connectivity index (χ1v) is 19.0. The van der Waals surface area contributed by atoms with Crippen LogP contribution in [0.5, 0.6) is 5.75 Å². The Morgan fingerprint density at radius 1 is 0.852 bits per heavy atom. The van der Waals surface area contributed by atoms with Crippen LogP contribution in [0.3, 0.4) is 0 Å². The molecule has 0 unspecified atom stereocenters. The first-order valence-electron chi connectivity index (χ1n) is 18.7. The van der Waals surface area contributed by atoms with Crippen molar-refractivity contribution in [2.75, 3.05) is 22.1 Å². The van der Waals surface area contributed by atoms with Gasteiger partial charge in [0.1, 0.15) is 11.8 Å². The van der Waals surface area contributed by atoms with E-state index in [4.69, 9.17) is 16.3 Å². The van der Waals surface area contributed by atoms with Crippen molar-refractivity contribution >= 4 is 58.2 Å². The van der Waals surface area contributed by atoms with E-state index in [0.717, 1.165) is 29.1 Å². The standard InChI is InChI=1S/C43H55ClN4O6/c1-11-42(7,8)28-20-23-34(31(25-28)43(9,10)12-2)54-24-16-19-35(49)45-29-21-22-32(44)33(26-29)46-38(51)36(37(50)41(4,5)6)48-39(52)27(3)47(40(48)53)30-17-14-13-15-18-30/h13-15,17-18,20-23,25-27,36H,11-12,16,19,24H2,1-10H3,(H,45,49)(H,46,51)/t27-,36+/m0/s1. The fourth-order valence-electron chi connectivity index (χ4n) is 6.15. The highest BCUT2D eigenvalue weighted by Gasteiger charge is 2.52. The van der Waals surface area contributed by atoms with Crippen molar-refractivity contribution in [1.29, 1.82) is 0 Å². The molecule has 1 aliphatic rings. The maximum Gasteiger partial charge on any atom is 0.333 e. The number of rotatable bonds is 15. The second kappa shape index (κ2) is 16.8. The summed E-state index contributed by atoms with van der Waals surface area (Å²) in [6.07, 6.45) is 2.60. The molecule has 1 heterocycles. The van der Waals surface area contributed by atoms with E-state index in [1.807, 2.05) is 6.07 Å². The summed E-state index contributed by atoms with van der Waals surface area (Å²) in [5.74, 6) is -1.66. The number of benzene rings is 3. The van der Waals surface area contributed by atoms with Gasteiger partial charge in [-0.15, -0.1) is 0 Å². The van der Waals surface area contributed by atoms with Crippen LogP contribution < -0.4 is 20.3 Å². The number of imide groups is 1. The fraction of sp³-hybridized carbons (Fsp3) is 0.465. The molecular weight excluding hydrogens is 704 g/mol. The van der Waals surface area contributed by atoms with Gasteiger partial charge in [0.25, 0.3) is 11.8 Å². The molecule has 0 spiro atoms. The topological polar surface area (TPSA) is 125 Å². The van der Waals surface area contributed by atoms with Gasteiger partial charge >= 0.3 is 6.03 Å². The predicted molar refractivity (Wildman–Crippen MR) is 215 cm³/mol. The van der Waals surface area contributed by atoms with Crippen LogP contribution in [0, 0.1) is 5.41 Å². The summed E-state index contributed by atoms with van der Waals surface area (Å²) in [6.45, 7) is 20.0. The molecule has 0 aromatic heterocycles. The molecule has 0 saturated carbocycles. The van der Waals surface area contributed by atoms with Gasteiger partial charge in [0.15, 0.2) is 11.8 Å². The Labute approximate surface area is 325 Å². The Balaban J connectivity index is 1.45. The molecule has 0 bridgehead atoms. The van der Waals surface area contributed by atoms with Gasteiger partial charge in [-0.05, 0) is 79.0 Å². The molecule has 5 amide bonds. The third-order valence-electron chi connectivity index (χ3n) is 10.5. The van der Waals surface area contributed by atoms with Crippen molar-refractivity contribution in [1.82, 2.24) is 4.90 Å². The summed E-state index contributed by atoms with van der Waals surface area (Å²) in [5.41, 5.74) is 2.21. The Kier molecular flexibility index (Phi) is 13.0. The SMILES string of the molecule is CCC(C)(C)c1ccc(OCCCC(=O)Nc2ccc(Cl)c(NC(=O)[C@@H](C(=O)C(C)(C)C)N3C(=O)[C@H](C)N(c4ccccc4)C3=O)c2)c(C(C)(C)CC)c1. The number of ether oxygens (including phenoxy) is 1. The van der Waals surface area contributed by atoms with Crippen LogP contribution in [-0.2, 0) is 30.0 Å². The Bertz CT molecular complexity index is 1880. The van der Waals surface area contributed by atoms with Crippen LogP contribution in [0.1, 0.15) is 106 Å². The fourth-order valence-corrected chi connectivity index (χ4v) is 6.32. The lowest BCUT2D eigenvalue weighted by Crippen LogP contribution is -2.55. The van der Waals surface area contributed by atoms with E-state index in [9.17, 15) is 24.0 Å². The number of ketones is 1. The average Bonchev–Trinajstić information content (AvgIpc) is 3.34. The summed E-state index contributed by atoms with van der Waals surface area (Å²) in [6, 6.07) is 16.1. The number of anilines is 3. The molecular formula is C43H55ClN4O6. The van der Waals surface area contributed by atoms with Crippen molar-refractivity contribution in [3.8, 4) is 5.75 Å². The van der Waals surface area contributed by atoms with Gasteiger partial charge in [-0.25, -0.2) is 9.69 Å². The first kappa shape index (κ1) is 42.0. The smallest absolute Gasteiger partial charge is 0.333 e. The minimum Gasteiger partial charge on any atom is -0.493 e. The molecule has 54 heavy (non-hydrogen) atoms. The van der Waals surface area contributed by atoms with E-state index < -0.39 is 41.1 Å². The number of carbonyl (C=O) groups excluding carboxylic acids is 5. The summed E-state index contributed by atoms with van der Waals surface area (Å²) >= 11 is 6.47. The number of urea groups is 1. The molecule has 10 nitrogen and oxygen atoms in total.